The van der Waals surface area contributed by atoms with E-state index in [1.807, 2.05) is 30.3 Å². The molecule has 17 N–H and O–H groups in total. The van der Waals surface area contributed by atoms with E-state index in [0.29, 0.717) is 12.8 Å². The Kier molecular flexibility index (Phi) is 30.4. The van der Waals surface area contributed by atoms with E-state index in [1.165, 1.54) is 13.8 Å². The summed E-state index contributed by atoms with van der Waals surface area (Å²) < 4.78 is 5.72. The number of nitrogens with zero attached hydrogens (tertiary/aromatic N) is 1. The van der Waals surface area contributed by atoms with Gasteiger partial charge in [0.2, 0.25) is 59.1 Å². The number of aldehydes is 1. The predicted molar refractivity (Wildman–Crippen MR) is 321 cm³/mol. The molecule has 3 rings (SSSR count). The lowest BCUT2D eigenvalue weighted by Gasteiger charge is -2.31. The molecule has 1 aromatic carbocycles. The third kappa shape index (κ3) is 22.1. The fraction of sp³-hybridized carbons (Fsp3) is 0.655. The lowest BCUT2D eigenvalue weighted by molar-refractivity contribution is -0.157. The summed E-state index contributed by atoms with van der Waals surface area (Å²) in [6.07, 6.45) is -0.776. The summed E-state index contributed by atoms with van der Waals surface area (Å²) in [6, 6.07) is -7.30. The Morgan fingerprint density at radius 1 is 0.670 bits per heavy atom. The van der Waals surface area contributed by atoms with Gasteiger partial charge in [0.15, 0.2) is 18.3 Å². The molecule has 30 heteroatoms. The monoisotopic (exact) mass is 1240 g/mol. The van der Waals surface area contributed by atoms with Gasteiger partial charge in [0.05, 0.1) is 25.2 Å². The minimum atomic E-state index is -1.92. The second-order valence-electron chi connectivity index (χ2n) is 22.7. The first kappa shape index (κ1) is 74.0. The van der Waals surface area contributed by atoms with Crippen LogP contribution in [0.1, 0.15) is 120 Å². The minimum Gasteiger partial charge on any atom is -0.458 e. The third-order valence-corrected chi connectivity index (χ3v) is 16.0. The molecule has 11 amide bonds. The lowest BCUT2D eigenvalue weighted by Crippen LogP contribution is -2.63. The van der Waals surface area contributed by atoms with Crippen LogP contribution in [0.3, 0.4) is 0 Å². The number of benzene rings is 1. The molecule has 0 unspecified atom stereocenters. The number of aliphatic imine (C=N–C) groups is 1. The van der Waals surface area contributed by atoms with Gasteiger partial charge in [0.1, 0.15) is 60.5 Å². The average molecular weight is 1240 g/mol. The highest BCUT2D eigenvalue weighted by molar-refractivity contribution is 6.03. The van der Waals surface area contributed by atoms with Gasteiger partial charge >= 0.3 is 5.97 Å². The Morgan fingerprint density at radius 2 is 1.20 bits per heavy atom. The van der Waals surface area contributed by atoms with Crippen LogP contribution in [0, 0.1) is 23.7 Å². The fourth-order valence-electron chi connectivity index (χ4n) is 9.43. The van der Waals surface area contributed by atoms with Crippen molar-refractivity contribution in [1.82, 2.24) is 63.8 Å². The standard InChI is InChI=1S/C58H93N15O15/c1-12-28(5)42(70-49(79)37(61-11)23-34-19-17-16-18-20-34)53(83)67-39(26-74)51(81)65-36(21-22-41(59)76)48(78)69-44(30(7)14-3)55(85)71-43(29(6)13-2)54(84)68-40(27-75)52(82)73-46-33(10)88-57(87)45(31(8)15-4)72-50(80)38(24-35-25-62-58(60)64-35)66-47(77)32(9)63-56(46)86/h16-20,26,28-33,35-40,42-46,61,75H,12-15,21-25,27H2,1-11H3,(H2,59,76)(H,63,86)(H,65,81)(H,66,77)(H,67,83)(H,68,84)(H,69,78)(H,70,79)(H,71,85)(H,72,80)(H,73,82)(H3,60,62,64)/t28-,29-,30-,31-,32-,33-,35-,36+,37+,38-,39-,40-,42-,43-,44+,45-,46+/m0/s1. The summed E-state index contributed by atoms with van der Waals surface area (Å²) in [7, 11) is 1.58. The van der Waals surface area contributed by atoms with Gasteiger partial charge < -0.3 is 89.9 Å². The number of carbonyl (C=O) groups excluding carboxylic acids is 13. The van der Waals surface area contributed by atoms with Crippen molar-refractivity contribution in [1.29, 1.82) is 0 Å². The predicted octanol–water partition coefficient (Wildman–Crippen LogP) is -4.05. The van der Waals surface area contributed by atoms with Crippen molar-refractivity contribution in [3.63, 3.8) is 0 Å². The number of hydrogen-bond donors (Lipinski definition) is 15. The average Bonchev–Trinajstić information content (AvgIpc) is 4.12. The Bertz CT molecular complexity index is 2650. The number of guanidine groups is 1. The number of aliphatic hydroxyl groups is 1. The molecule has 0 spiro atoms. The van der Waals surface area contributed by atoms with Crippen LogP contribution in [0.5, 0.6) is 0 Å². The minimum absolute atomic E-state index is 0.0128. The number of hydrogen-bond acceptors (Lipinski definition) is 19. The Balaban J connectivity index is 1.85. The highest BCUT2D eigenvalue weighted by Crippen LogP contribution is 2.18. The highest BCUT2D eigenvalue weighted by atomic mass is 16.5. The molecule has 17 atom stereocenters. The normalized spacial score (nSPS) is 22.7. The molecule has 0 radical (unpaired) electrons. The van der Waals surface area contributed by atoms with Crippen LogP contribution in [0.25, 0.3) is 0 Å². The zero-order valence-electron chi connectivity index (χ0n) is 52.1. The van der Waals surface area contributed by atoms with Gasteiger partial charge in [-0.05, 0) is 69.4 Å². The van der Waals surface area contributed by atoms with Crippen molar-refractivity contribution >= 4 is 83.2 Å². The van der Waals surface area contributed by atoms with Crippen molar-refractivity contribution in [2.75, 3.05) is 20.2 Å². The van der Waals surface area contributed by atoms with E-state index in [-0.39, 0.29) is 44.5 Å². The summed E-state index contributed by atoms with van der Waals surface area (Å²) in [5.41, 5.74) is 12.1. The largest absolute Gasteiger partial charge is 0.458 e. The second-order valence-corrected chi connectivity index (χ2v) is 22.7. The number of nitrogens with two attached hydrogens (primary N) is 2. The number of likely N-dealkylation sites (N-methyl/N-ethyl adjacent to an activating group) is 1. The molecule has 0 bridgehead atoms. The van der Waals surface area contributed by atoms with Crippen LogP contribution in [-0.4, -0.2) is 187 Å². The Morgan fingerprint density at radius 3 is 1.70 bits per heavy atom. The molecule has 1 fully saturated rings. The van der Waals surface area contributed by atoms with Gasteiger partial charge in [0, 0.05) is 6.42 Å². The number of amides is 11. The van der Waals surface area contributed by atoms with Crippen molar-refractivity contribution in [2.45, 2.75) is 199 Å². The van der Waals surface area contributed by atoms with Crippen LogP contribution in [0.15, 0.2) is 35.3 Å². The maximum absolute atomic E-state index is 14.4. The topological polar surface area (TPSA) is 460 Å². The first-order valence-electron chi connectivity index (χ1n) is 29.9. The SMILES string of the molecule is CC[C@H](C)[C@H](NC(=O)[C@@H](Cc1ccccc1)NC)C(=O)N[C@@H](C=O)C(=O)N[C@H](CCC(N)=O)C(=O)N[C@@H](C(=O)N[C@H](C(=O)N[C@@H](CO)C(=O)N[C@H]1C(=O)N[C@@H](C)C(=O)N[C@@H](C[C@H]2CN=C(N)N2)C(=O)N[C@@H]([C@@H](C)CC)C(=O)O[C@H]1C)[C@@H](C)CC)[C@@H](C)CC. The van der Waals surface area contributed by atoms with Gasteiger partial charge in [0.25, 0.3) is 5.91 Å². The van der Waals surface area contributed by atoms with Gasteiger partial charge in [-0.2, -0.15) is 0 Å². The molecule has 2 heterocycles. The van der Waals surface area contributed by atoms with Crippen LogP contribution in [-0.2, 0) is 73.5 Å². The van der Waals surface area contributed by atoms with E-state index in [2.05, 4.69) is 68.8 Å². The Hall–Kier alpha value is -8.28. The number of aliphatic hydroxyl groups excluding tert-OH is 1. The number of ether oxygens (including phenoxy) is 1. The molecule has 0 aliphatic carbocycles. The van der Waals surface area contributed by atoms with Gasteiger partial charge in [-0.25, -0.2) is 4.79 Å². The molecule has 88 heavy (non-hydrogen) atoms. The molecule has 490 valence electrons. The fourth-order valence-corrected chi connectivity index (χ4v) is 9.43. The highest BCUT2D eigenvalue weighted by Gasteiger charge is 2.41. The molecule has 1 aromatic rings. The molecule has 30 nitrogen and oxygen atoms in total. The molecular formula is C58H93N15O15. The van der Waals surface area contributed by atoms with Crippen molar-refractivity contribution in [3.05, 3.63) is 35.9 Å². The number of primary amides is 1. The Labute approximate surface area is 513 Å². The second kappa shape index (κ2) is 36.1. The molecule has 2 aliphatic rings. The van der Waals surface area contributed by atoms with Crippen molar-refractivity contribution < 1.29 is 72.2 Å². The summed E-state index contributed by atoms with van der Waals surface area (Å²) in [5, 5.41) is 41.5. The van der Waals surface area contributed by atoms with Crippen molar-refractivity contribution in [2.24, 2.45) is 40.1 Å². The molecular weight excluding hydrogens is 1150 g/mol. The number of carbonyl (C=O) groups is 13. The van der Waals surface area contributed by atoms with E-state index in [4.69, 9.17) is 16.2 Å². The number of esters is 1. The van der Waals surface area contributed by atoms with Crippen LogP contribution in [0.2, 0.25) is 0 Å². The molecule has 0 aromatic heterocycles. The quantitative estimate of drug-likeness (QED) is 0.0185. The zero-order valence-corrected chi connectivity index (χ0v) is 52.1. The van der Waals surface area contributed by atoms with E-state index >= 15 is 0 Å². The van der Waals surface area contributed by atoms with Crippen LogP contribution < -0.4 is 75.3 Å². The zero-order chi connectivity index (χ0) is 66.1. The summed E-state index contributed by atoms with van der Waals surface area (Å²) in [5.74, 6) is -13.4. The van der Waals surface area contributed by atoms with E-state index in [0.717, 1.165) is 5.56 Å². The number of rotatable bonds is 32. The smallest absolute Gasteiger partial charge is 0.329 e. The third-order valence-electron chi connectivity index (χ3n) is 16.0. The number of nitrogens with one attached hydrogen (secondary N) is 12. The van der Waals surface area contributed by atoms with Crippen molar-refractivity contribution in [3.8, 4) is 0 Å². The molecule has 2 aliphatic heterocycles. The summed E-state index contributed by atoms with van der Waals surface area (Å²) >= 11 is 0. The van der Waals surface area contributed by atoms with Crippen LogP contribution >= 0.6 is 0 Å². The van der Waals surface area contributed by atoms with E-state index in [1.54, 1.807) is 62.4 Å². The first-order chi connectivity index (χ1) is 41.6. The van der Waals surface area contributed by atoms with Gasteiger partial charge in [-0.3, -0.25) is 57.7 Å². The van der Waals surface area contributed by atoms with E-state index < -0.39 is 193 Å². The maximum Gasteiger partial charge on any atom is 0.329 e. The maximum atomic E-state index is 14.4. The molecule has 0 saturated carbocycles. The van der Waals surface area contributed by atoms with E-state index in [9.17, 15) is 67.4 Å². The summed E-state index contributed by atoms with van der Waals surface area (Å²) in [6.45, 7) is 15.2. The summed E-state index contributed by atoms with van der Waals surface area (Å²) in [4.78, 5) is 182. The molecule has 1 saturated heterocycles. The first-order valence-corrected chi connectivity index (χ1v) is 29.9. The number of cyclic esters (lactones) is 1. The lowest BCUT2D eigenvalue weighted by atomic mass is 9.94. The van der Waals surface area contributed by atoms with Gasteiger partial charge in [-0.15, -0.1) is 0 Å². The van der Waals surface area contributed by atoms with Crippen LogP contribution in [0.4, 0.5) is 0 Å². The van der Waals surface area contributed by atoms with Gasteiger partial charge in [-0.1, -0.05) is 111 Å².